The van der Waals surface area contributed by atoms with E-state index in [9.17, 15) is 4.39 Å². The number of hydrogen-bond acceptors (Lipinski definition) is 1. The van der Waals surface area contributed by atoms with Crippen molar-refractivity contribution in [3.05, 3.63) is 34.1 Å². The topological polar surface area (TPSA) is 12.0 Å². The molecule has 0 aliphatic carbocycles. The van der Waals surface area contributed by atoms with E-state index in [-0.39, 0.29) is 11.9 Å². The molecule has 1 N–H and O–H groups in total. The monoisotopic (exact) mass is 315 g/mol. The van der Waals surface area contributed by atoms with Gasteiger partial charge in [-0.15, -0.1) is 0 Å². The predicted molar refractivity (Wildman–Crippen MR) is 79.2 cm³/mol. The molecule has 0 aliphatic heterocycles. The molecular weight excluding hydrogens is 293 g/mol. The van der Waals surface area contributed by atoms with Crippen molar-refractivity contribution in [3.8, 4) is 0 Å². The molecule has 0 saturated carbocycles. The Balaban J connectivity index is 3.04. The van der Waals surface area contributed by atoms with Crippen molar-refractivity contribution in [1.82, 2.24) is 5.32 Å². The molecule has 0 bridgehead atoms. The van der Waals surface area contributed by atoms with Crippen LogP contribution in [0.4, 0.5) is 4.39 Å². The maximum absolute atomic E-state index is 13.7. The van der Waals surface area contributed by atoms with Gasteiger partial charge in [0.05, 0.1) is 4.47 Å². The summed E-state index contributed by atoms with van der Waals surface area (Å²) in [5, 5.41) is 3.56. The summed E-state index contributed by atoms with van der Waals surface area (Å²) in [6, 6.07) is 5.53. The van der Waals surface area contributed by atoms with Gasteiger partial charge in [-0.05, 0) is 46.4 Å². The molecule has 0 radical (unpaired) electrons. The van der Waals surface area contributed by atoms with E-state index < -0.39 is 0 Å². The van der Waals surface area contributed by atoms with E-state index in [4.69, 9.17) is 0 Å². The van der Waals surface area contributed by atoms with Crippen LogP contribution < -0.4 is 5.32 Å². The summed E-state index contributed by atoms with van der Waals surface area (Å²) < 4.78 is 14.3. The maximum Gasteiger partial charge on any atom is 0.137 e. The molecule has 1 aromatic rings. The van der Waals surface area contributed by atoms with Gasteiger partial charge in [0.25, 0.3) is 0 Å². The fourth-order valence-electron chi connectivity index (χ4n) is 2.35. The molecular formula is C15H23BrFN. The van der Waals surface area contributed by atoms with E-state index >= 15 is 0 Å². The van der Waals surface area contributed by atoms with Gasteiger partial charge in [0.1, 0.15) is 5.82 Å². The number of nitrogens with one attached hydrogen (secondary N) is 1. The fraction of sp³-hybridized carbons (Fsp3) is 0.600. The van der Waals surface area contributed by atoms with Crippen molar-refractivity contribution in [2.45, 2.75) is 46.1 Å². The molecule has 1 rings (SSSR count). The summed E-state index contributed by atoms with van der Waals surface area (Å²) in [7, 11) is 0. The lowest BCUT2D eigenvalue weighted by Gasteiger charge is -2.28. The van der Waals surface area contributed by atoms with Crippen molar-refractivity contribution in [2.24, 2.45) is 5.92 Å². The zero-order valence-corrected chi connectivity index (χ0v) is 13.1. The van der Waals surface area contributed by atoms with Crippen LogP contribution in [0.2, 0.25) is 0 Å². The third-order valence-electron chi connectivity index (χ3n) is 3.45. The normalized spacial score (nSPS) is 13.0. The fourth-order valence-corrected chi connectivity index (χ4v) is 2.86. The molecule has 0 amide bonds. The summed E-state index contributed by atoms with van der Waals surface area (Å²) in [5.41, 5.74) is 1.04. The number of benzene rings is 1. The zero-order chi connectivity index (χ0) is 13.5. The first-order chi connectivity index (χ1) is 8.65. The third-order valence-corrected chi connectivity index (χ3v) is 4.29. The molecule has 3 heteroatoms. The number of rotatable bonds is 7. The van der Waals surface area contributed by atoms with E-state index in [0.29, 0.717) is 10.4 Å². The minimum atomic E-state index is -0.179. The summed E-state index contributed by atoms with van der Waals surface area (Å²) in [4.78, 5) is 0. The smallest absolute Gasteiger partial charge is 0.137 e. The Kier molecular flexibility index (Phi) is 6.87. The van der Waals surface area contributed by atoms with Gasteiger partial charge >= 0.3 is 0 Å². The van der Waals surface area contributed by atoms with Crippen molar-refractivity contribution < 1.29 is 4.39 Å². The van der Waals surface area contributed by atoms with Gasteiger partial charge in [0.15, 0.2) is 0 Å². The minimum Gasteiger partial charge on any atom is -0.310 e. The lowest BCUT2D eigenvalue weighted by atomic mass is 9.88. The van der Waals surface area contributed by atoms with Gasteiger partial charge in [0.2, 0.25) is 0 Å². The Morgan fingerprint density at radius 2 is 1.89 bits per heavy atom. The van der Waals surface area contributed by atoms with E-state index in [1.165, 1.54) is 6.07 Å². The molecule has 0 fully saturated rings. The van der Waals surface area contributed by atoms with Gasteiger partial charge in [-0.25, -0.2) is 4.39 Å². The first kappa shape index (κ1) is 15.6. The molecule has 102 valence electrons. The highest BCUT2D eigenvalue weighted by atomic mass is 79.9. The Morgan fingerprint density at radius 3 is 2.44 bits per heavy atom. The first-order valence-corrected chi connectivity index (χ1v) is 7.62. The van der Waals surface area contributed by atoms with Crippen LogP contribution in [0.25, 0.3) is 0 Å². The molecule has 1 unspecified atom stereocenters. The average molecular weight is 316 g/mol. The highest BCUT2D eigenvalue weighted by Crippen LogP contribution is 2.33. The SMILES string of the molecule is CCCNC(c1cccc(F)c1Br)C(CC)CC. The Bertz CT molecular complexity index is 364. The highest BCUT2D eigenvalue weighted by molar-refractivity contribution is 9.10. The molecule has 0 aliphatic rings. The summed E-state index contributed by atoms with van der Waals surface area (Å²) in [5.74, 6) is 0.358. The van der Waals surface area contributed by atoms with Crippen LogP contribution in [0.3, 0.4) is 0 Å². The second-order valence-electron chi connectivity index (χ2n) is 4.65. The lowest BCUT2D eigenvalue weighted by molar-refractivity contribution is 0.339. The lowest BCUT2D eigenvalue weighted by Crippen LogP contribution is -2.29. The van der Waals surface area contributed by atoms with Crippen molar-refractivity contribution in [3.63, 3.8) is 0 Å². The molecule has 0 saturated heterocycles. The Morgan fingerprint density at radius 1 is 1.22 bits per heavy atom. The summed E-state index contributed by atoms with van der Waals surface area (Å²) >= 11 is 3.38. The van der Waals surface area contributed by atoms with Gasteiger partial charge in [0, 0.05) is 6.04 Å². The average Bonchev–Trinajstić information content (AvgIpc) is 2.38. The Labute approximate surface area is 118 Å². The largest absolute Gasteiger partial charge is 0.310 e. The zero-order valence-electron chi connectivity index (χ0n) is 11.5. The molecule has 0 aromatic heterocycles. The van der Waals surface area contributed by atoms with Crippen LogP contribution in [0.1, 0.15) is 51.6 Å². The van der Waals surface area contributed by atoms with E-state index in [1.807, 2.05) is 6.07 Å². The maximum atomic E-state index is 13.7. The number of hydrogen-bond donors (Lipinski definition) is 1. The van der Waals surface area contributed by atoms with E-state index in [2.05, 4.69) is 42.0 Å². The van der Waals surface area contributed by atoms with Crippen molar-refractivity contribution >= 4 is 15.9 Å². The van der Waals surface area contributed by atoms with E-state index in [0.717, 1.165) is 31.4 Å². The van der Waals surface area contributed by atoms with Crippen LogP contribution in [0, 0.1) is 11.7 Å². The minimum absolute atomic E-state index is 0.179. The van der Waals surface area contributed by atoms with Crippen LogP contribution in [-0.2, 0) is 0 Å². The molecule has 1 aromatic carbocycles. The van der Waals surface area contributed by atoms with Crippen LogP contribution in [0.5, 0.6) is 0 Å². The van der Waals surface area contributed by atoms with Crippen molar-refractivity contribution in [1.29, 1.82) is 0 Å². The van der Waals surface area contributed by atoms with Gasteiger partial charge in [-0.1, -0.05) is 45.7 Å². The second kappa shape index (κ2) is 7.90. The third kappa shape index (κ3) is 3.79. The molecule has 1 nitrogen and oxygen atoms in total. The predicted octanol–water partition coefficient (Wildman–Crippen LogP) is 5.07. The Hall–Kier alpha value is -0.410. The van der Waals surface area contributed by atoms with Gasteiger partial charge in [-0.2, -0.15) is 0 Å². The van der Waals surface area contributed by atoms with Gasteiger partial charge < -0.3 is 5.32 Å². The van der Waals surface area contributed by atoms with Crippen molar-refractivity contribution in [2.75, 3.05) is 6.54 Å². The molecule has 0 spiro atoms. The second-order valence-corrected chi connectivity index (χ2v) is 5.44. The molecule has 18 heavy (non-hydrogen) atoms. The first-order valence-electron chi connectivity index (χ1n) is 6.82. The molecule has 1 atom stereocenters. The summed E-state index contributed by atoms with van der Waals surface area (Å²) in [6.07, 6.45) is 3.28. The quantitative estimate of drug-likeness (QED) is 0.741. The van der Waals surface area contributed by atoms with Crippen LogP contribution in [-0.4, -0.2) is 6.54 Å². The van der Waals surface area contributed by atoms with Crippen LogP contribution in [0.15, 0.2) is 22.7 Å². The van der Waals surface area contributed by atoms with Crippen LogP contribution >= 0.6 is 15.9 Å². The number of halogens is 2. The van der Waals surface area contributed by atoms with Gasteiger partial charge in [-0.3, -0.25) is 0 Å². The summed E-state index contributed by atoms with van der Waals surface area (Å²) in [6.45, 7) is 7.51. The highest BCUT2D eigenvalue weighted by Gasteiger charge is 2.22. The van der Waals surface area contributed by atoms with E-state index in [1.54, 1.807) is 6.07 Å². The molecule has 0 heterocycles. The standard InChI is InChI=1S/C15H23BrFN/c1-4-10-18-15(11(5-2)6-3)12-8-7-9-13(17)14(12)16/h7-9,11,15,18H,4-6,10H2,1-3H3.